The third kappa shape index (κ3) is 5.70. The van der Waals surface area contributed by atoms with E-state index in [1.54, 1.807) is 0 Å². The largest absolute Gasteiger partial charge is 0.309 e. The zero-order valence-corrected chi connectivity index (χ0v) is 33.1. The molecule has 280 valence electrons. The first-order valence-electron chi connectivity index (χ1n) is 20.2. The molecule has 3 heterocycles. The molecule has 0 aliphatic heterocycles. The summed E-state index contributed by atoms with van der Waals surface area (Å²) in [6.07, 6.45) is 0. The van der Waals surface area contributed by atoms with Crippen LogP contribution in [0.15, 0.2) is 206 Å². The van der Waals surface area contributed by atoms with Gasteiger partial charge in [-0.2, -0.15) is 0 Å². The number of rotatable bonds is 6. The summed E-state index contributed by atoms with van der Waals surface area (Å²) in [5.74, 6) is 1.90. The standard InChI is InChI=1S/C55H34N4S/c1-4-15-35(16-5-1)42-24-14-25-48-52(42)47-31-38-21-10-11-22-39(38)33-49(47)59(48)41-28-29-44(45(34-41)40-27-30-51-46(32-40)43-23-12-13-26-50(43)60-51)55-57-53(36-17-6-2-7-18-36)56-54(58-55)37-19-8-3-9-20-37/h1-34H. The molecule has 4 nitrogen and oxygen atoms in total. The molecule has 0 bridgehead atoms. The number of hydrogen-bond acceptors (Lipinski definition) is 4. The van der Waals surface area contributed by atoms with Crippen LogP contribution in [0.3, 0.4) is 0 Å². The highest BCUT2D eigenvalue weighted by molar-refractivity contribution is 7.25. The predicted molar refractivity (Wildman–Crippen MR) is 252 cm³/mol. The van der Waals surface area contributed by atoms with E-state index >= 15 is 0 Å². The van der Waals surface area contributed by atoms with E-state index in [1.807, 2.05) is 47.7 Å². The zero-order chi connectivity index (χ0) is 39.6. The van der Waals surface area contributed by atoms with Gasteiger partial charge in [-0.1, -0.05) is 152 Å². The van der Waals surface area contributed by atoms with Gasteiger partial charge in [0.15, 0.2) is 17.5 Å². The van der Waals surface area contributed by atoms with E-state index in [2.05, 4.69) is 174 Å². The Bertz CT molecular complexity index is 3530. The van der Waals surface area contributed by atoms with Crippen LogP contribution < -0.4 is 0 Å². The minimum absolute atomic E-state index is 0.624. The Morgan fingerprint density at radius 3 is 1.68 bits per heavy atom. The van der Waals surface area contributed by atoms with Crippen molar-refractivity contribution in [1.82, 2.24) is 19.5 Å². The van der Waals surface area contributed by atoms with Crippen molar-refractivity contribution < 1.29 is 0 Å². The molecule has 0 aliphatic rings. The van der Waals surface area contributed by atoms with Crippen LogP contribution in [0.4, 0.5) is 0 Å². The second-order valence-corrected chi connectivity index (χ2v) is 16.3. The lowest BCUT2D eigenvalue weighted by molar-refractivity contribution is 1.07. The Kier molecular flexibility index (Phi) is 8.00. The van der Waals surface area contributed by atoms with Gasteiger partial charge in [0.25, 0.3) is 0 Å². The third-order valence-corrected chi connectivity index (χ3v) is 12.8. The molecule has 12 rings (SSSR count). The normalized spacial score (nSPS) is 11.7. The number of aromatic nitrogens is 4. The van der Waals surface area contributed by atoms with Crippen molar-refractivity contribution in [2.75, 3.05) is 0 Å². The molecule has 0 spiro atoms. The Morgan fingerprint density at radius 1 is 0.333 bits per heavy atom. The Balaban J connectivity index is 1.16. The van der Waals surface area contributed by atoms with Gasteiger partial charge in [-0.15, -0.1) is 11.3 Å². The van der Waals surface area contributed by atoms with Gasteiger partial charge in [-0.3, -0.25) is 0 Å². The predicted octanol–water partition coefficient (Wildman–Crippen LogP) is 14.8. The van der Waals surface area contributed by atoms with Crippen molar-refractivity contribution >= 4 is 64.1 Å². The minimum Gasteiger partial charge on any atom is -0.309 e. The maximum absolute atomic E-state index is 5.23. The van der Waals surface area contributed by atoms with Crippen molar-refractivity contribution in [2.24, 2.45) is 0 Å². The Morgan fingerprint density at radius 2 is 0.950 bits per heavy atom. The number of nitrogens with zero attached hydrogens (tertiary/aromatic N) is 4. The fraction of sp³-hybridized carbons (Fsp3) is 0. The molecule has 0 amide bonds. The molecule has 9 aromatic carbocycles. The molecule has 3 aromatic heterocycles. The second-order valence-electron chi connectivity index (χ2n) is 15.2. The van der Waals surface area contributed by atoms with Crippen molar-refractivity contribution in [3.05, 3.63) is 206 Å². The van der Waals surface area contributed by atoms with Gasteiger partial charge in [0.05, 0.1) is 11.0 Å². The molecular weight excluding hydrogens is 749 g/mol. The summed E-state index contributed by atoms with van der Waals surface area (Å²) in [5, 5.41) is 7.38. The van der Waals surface area contributed by atoms with Crippen molar-refractivity contribution in [1.29, 1.82) is 0 Å². The van der Waals surface area contributed by atoms with Gasteiger partial charge < -0.3 is 4.57 Å². The van der Waals surface area contributed by atoms with E-state index in [9.17, 15) is 0 Å². The smallest absolute Gasteiger partial charge is 0.164 e. The maximum atomic E-state index is 5.23. The minimum atomic E-state index is 0.624. The summed E-state index contributed by atoms with van der Waals surface area (Å²) in [4.78, 5) is 15.5. The van der Waals surface area contributed by atoms with Crippen LogP contribution in [-0.4, -0.2) is 19.5 Å². The molecule has 0 saturated heterocycles. The van der Waals surface area contributed by atoms with Crippen molar-refractivity contribution in [3.63, 3.8) is 0 Å². The lowest BCUT2D eigenvalue weighted by atomic mass is 9.96. The highest BCUT2D eigenvalue weighted by Gasteiger charge is 2.21. The summed E-state index contributed by atoms with van der Waals surface area (Å²) in [6, 6.07) is 73.5. The summed E-state index contributed by atoms with van der Waals surface area (Å²) in [5.41, 5.74) is 10.7. The molecule has 12 aromatic rings. The molecule has 0 fully saturated rings. The lowest BCUT2D eigenvalue weighted by Gasteiger charge is -2.16. The summed E-state index contributed by atoms with van der Waals surface area (Å²) < 4.78 is 4.98. The van der Waals surface area contributed by atoms with Crippen LogP contribution in [0, 0.1) is 0 Å². The Hall–Kier alpha value is -7.73. The monoisotopic (exact) mass is 782 g/mol. The summed E-state index contributed by atoms with van der Waals surface area (Å²) in [7, 11) is 0. The van der Waals surface area contributed by atoms with E-state index in [4.69, 9.17) is 15.0 Å². The SMILES string of the molecule is c1ccc(-c2nc(-c3ccccc3)nc(-c3ccc(-n4c5cc6ccccc6cc5c5c(-c6ccccc6)cccc54)cc3-c3ccc4sc5ccccc5c4c3)n2)cc1. The number of benzene rings is 9. The van der Waals surface area contributed by atoms with Crippen molar-refractivity contribution in [2.45, 2.75) is 0 Å². The average molecular weight is 783 g/mol. The lowest BCUT2D eigenvalue weighted by Crippen LogP contribution is -2.02. The molecule has 60 heavy (non-hydrogen) atoms. The number of fused-ring (bicyclic) bond motifs is 7. The topological polar surface area (TPSA) is 43.6 Å². The van der Waals surface area contributed by atoms with E-state index in [0.717, 1.165) is 44.5 Å². The van der Waals surface area contributed by atoms with E-state index in [-0.39, 0.29) is 0 Å². The van der Waals surface area contributed by atoms with Gasteiger partial charge in [0.1, 0.15) is 0 Å². The average Bonchev–Trinajstić information content (AvgIpc) is 3.86. The summed E-state index contributed by atoms with van der Waals surface area (Å²) in [6.45, 7) is 0. The fourth-order valence-electron chi connectivity index (χ4n) is 8.82. The van der Waals surface area contributed by atoms with Crippen LogP contribution >= 0.6 is 11.3 Å². The fourth-order valence-corrected chi connectivity index (χ4v) is 9.90. The van der Waals surface area contributed by atoms with Crippen LogP contribution in [0.25, 0.3) is 115 Å². The van der Waals surface area contributed by atoms with Crippen LogP contribution in [0.1, 0.15) is 0 Å². The van der Waals surface area contributed by atoms with Gasteiger partial charge in [0, 0.05) is 53.3 Å². The van der Waals surface area contributed by atoms with Gasteiger partial charge in [-0.05, 0) is 87.6 Å². The van der Waals surface area contributed by atoms with Gasteiger partial charge in [-0.25, -0.2) is 15.0 Å². The molecule has 0 atom stereocenters. The number of hydrogen-bond donors (Lipinski definition) is 0. The number of thiophene rings is 1. The van der Waals surface area contributed by atoms with E-state index < -0.39 is 0 Å². The van der Waals surface area contributed by atoms with E-state index in [0.29, 0.717) is 17.5 Å². The first-order valence-corrected chi connectivity index (χ1v) is 21.0. The van der Waals surface area contributed by atoms with Crippen LogP contribution in [0.2, 0.25) is 0 Å². The molecule has 0 N–H and O–H groups in total. The quantitative estimate of drug-likeness (QED) is 0.169. The molecular formula is C55H34N4S. The molecule has 0 unspecified atom stereocenters. The van der Waals surface area contributed by atoms with Crippen molar-refractivity contribution in [3.8, 4) is 62.1 Å². The van der Waals surface area contributed by atoms with Crippen LogP contribution in [0.5, 0.6) is 0 Å². The summed E-state index contributed by atoms with van der Waals surface area (Å²) >= 11 is 1.83. The Labute approximate surface area is 350 Å². The third-order valence-electron chi connectivity index (χ3n) is 11.6. The van der Waals surface area contributed by atoms with Gasteiger partial charge >= 0.3 is 0 Å². The highest BCUT2D eigenvalue weighted by Crippen LogP contribution is 2.43. The van der Waals surface area contributed by atoms with Gasteiger partial charge in [0.2, 0.25) is 0 Å². The molecule has 0 radical (unpaired) electrons. The first kappa shape index (κ1) is 34.3. The molecule has 0 saturated carbocycles. The zero-order valence-electron chi connectivity index (χ0n) is 32.3. The molecule has 0 aliphatic carbocycles. The van der Waals surface area contributed by atoms with Crippen LogP contribution in [-0.2, 0) is 0 Å². The maximum Gasteiger partial charge on any atom is 0.164 e. The molecule has 5 heteroatoms. The second kappa shape index (κ2) is 14.0. The van der Waals surface area contributed by atoms with E-state index in [1.165, 1.54) is 52.8 Å². The first-order chi connectivity index (χ1) is 29.7. The highest BCUT2D eigenvalue weighted by atomic mass is 32.1.